The third-order valence-electron chi connectivity index (χ3n) is 3.25. The smallest absolute Gasteiger partial charge is 0.244 e. The minimum Gasteiger partial charge on any atom is -0.387 e. The predicted octanol–water partition coefficient (Wildman–Crippen LogP) is 2.07. The van der Waals surface area contributed by atoms with E-state index in [0.29, 0.717) is 12.3 Å². The van der Waals surface area contributed by atoms with Crippen LogP contribution < -0.4 is 5.32 Å². The van der Waals surface area contributed by atoms with Gasteiger partial charge in [-0.3, -0.25) is 4.79 Å². The van der Waals surface area contributed by atoms with Gasteiger partial charge in [-0.1, -0.05) is 30.3 Å². The van der Waals surface area contributed by atoms with Gasteiger partial charge in [0.05, 0.1) is 5.60 Å². The van der Waals surface area contributed by atoms with Crippen LogP contribution in [-0.4, -0.2) is 34.7 Å². The molecule has 1 aromatic carbocycles. The molecule has 0 aromatic heterocycles. The van der Waals surface area contributed by atoms with Crippen LogP contribution >= 0.6 is 11.8 Å². The van der Waals surface area contributed by atoms with Crippen molar-refractivity contribution in [2.75, 3.05) is 18.1 Å². The highest BCUT2D eigenvalue weighted by molar-refractivity contribution is 7.99. The summed E-state index contributed by atoms with van der Waals surface area (Å²) in [6.45, 7) is 2.24. The Morgan fingerprint density at radius 2 is 2.21 bits per heavy atom. The van der Waals surface area contributed by atoms with Crippen LogP contribution in [0.4, 0.5) is 0 Å². The first-order valence-corrected chi connectivity index (χ1v) is 7.56. The average molecular weight is 277 g/mol. The summed E-state index contributed by atoms with van der Waals surface area (Å²) in [5.41, 5.74) is 1.23. The van der Waals surface area contributed by atoms with Crippen LogP contribution in [0.15, 0.2) is 36.4 Å². The quantitative estimate of drug-likeness (QED) is 0.828. The molecule has 1 amide bonds. The number of carbonyl (C=O) groups excluding carboxylic acids is 1. The van der Waals surface area contributed by atoms with Gasteiger partial charge in [0.1, 0.15) is 0 Å². The van der Waals surface area contributed by atoms with Crippen molar-refractivity contribution in [3.8, 4) is 0 Å². The first-order valence-electron chi connectivity index (χ1n) is 6.41. The highest BCUT2D eigenvalue weighted by Gasteiger charge is 2.31. The Morgan fingerprint density at radius 1 is 1.47 bits per heavy atom. The van der Waals surface area contributed by atoms with Gasteiger partial charge < -0.3 is 10.4 Å². The summed E-state index contributed by atoms with van der Waals surface area (Å²) in [6.07, 6.45) is 2.33. The zero-order valence-electron chi connectivity index (χ0n) is 11.1. The van der Waals surface area contributed by atoms with Crippen LogP contribution in [0.5, 0.6) is 0 Å². The average Bonchev–Trinajstić information content (AvgIpc) is 2.85. The summed E-state index contributed by atoms with van der Waals surface area (Å²) in [5, 5.41) is 12.9. The number of aliphatic hydroxyl groups is 1. The molecule has 2 rings (SSSR count). The Bertz CT molecular complexity index is 464. The van der Waals surface area contributed by atoms with Crippen molar-refractivity contribution < 1.29 is 9.90 Å². The lowest BCUT2D eigenvalue weighted by Crippen LogP contribution is -2.42. The van der Waals surface area contributed by atoms with E-state index in [-0.39, 0.29) is 5.91 Å². The Kier molecular flexibility index (Phi) is 4.66. The molecule has 1 heterocycles. The van der Waals surface area contributed by atoms with Crippen molar-refractivity contribution in [3.63, 3.8) is 0 Å². The first-order chi connectivity index (χ1) is 9.09. The molecule has 1 unspecified atom stereocenters. The Balaban J connectivity index is 1.90. The lowest BCUT2D eigenvalue weighted by molar-refractivity contribution is -0.117. The maximum atomic E-state index is 11.8. The molecule has 19 heavy (non-hydrogen) atoms. The van der Waals surface area contributed by atoms with Crippen LogP contribution in [0, 0.1) is 0 Å². The van der Waals surface area contributed by atoms with Gasteiger partial charge in [-0.2, -0.15) is 11.8 Å². The van der Waals surface area contributed by atoms with Gasteiger partial charge in [0.15, 0.2) is 0 Å². The molecule has 1 saturated heterocycles. The van der Waals surface area contributed by atoms with Crippen LogP contribution in [0.25, 0.3) is 5.57 Å². The van der Waals surface area contributed by atoms with Gasteiger partial charge >= 0.3 is 0 Å². The molecule has 1 aliphatic heterocycles. The summed E-state index contributed by atoms with van der Waals surface area (Å²) in [6, 6.07) is 9.79. The molecule has 0 spiro atoms. The second-order valence-corrected chi connectivity index (χ2v) is 6.04. The van der Waals surface area contributed by atoms with Crippen molar-refractivity contribution >= 4 is 23.2 Å². The minimum absolute atomic E-state index is 0.147. The second kappa shape index (κ2) is 6.26. The maximum absolute atomic E-state index is 11.8. The van der Waals surface area contributed by atoms with Crippen LogP contribution in [-0.2, 0) is 4.79 Å². The minimum atomic E-state index is -0.727. The monoisotopic (exact) mass is 277 g/mol. The zero-order valence-corrected chi connectivity index (χ0v) is 11.9. The van der Waals surface area contributed by atoms with E-state index in [9.17, 15) is 9.90 Å². The molecule has 1 fully saturated rings. The molecule has 2 N–H and O–H groups in total. The van der Waals surface area contributed by atoms with Crippen molar-refractivity contribution in [2.45, 2.75) is 18.9 Å². The number of carbonyl (C=O) groups is 1. The number of rotatable bonds is 4. The van der Waals surface area contributed by atoms with Gasteiger partial charge in [-0.05, 0) is 30.2 Å². The molecule has 3 nitrogen and oxygen atoms in total. The van der Waals surface area contributed by atoms with Crippen molar-refractivity contribution in [1.29, 1.82) is 0 Å². The fourth-order valence-electron chi connectivity index (χ4n) is 2.02. The fourth-order valence-corrected chi connectivity index (χ4v) is 3.31. The van der Waals surface area contributed by atoms with Gasteiger partial charge in [0.2, 0.25) is 5.91 Å². The van der Waals surface area contributed by atoms with E-state index in [4.69, 9.17) is 0 Å². The van der Waals surface area contributed by atoms with Crippen LogP contribution in [0.1, 0.15) is 18.9 Å². The van der Waals surface area contributed by atoms with E-state index in [0.717, 1.165) is 23.3 Å². The number of nitrogens with one attached hydrogen (secondary N) is 1. The third kappa shape index (κ3) is 4.11. The molecule has 0 aliphatic carbocycles. The van der Waals surface area contributed by atoms with Crippen molar-refractivity contribution in [2.24, 2.45) is 0 Å². The molecule has 0 bridgehead atoms. The molecule has 0 saturated carbocycles. The van der Waals surface area contributed by atoms with E-state index in [2.05, 4.69) is 5.32 Å². The fraction of sp³-hybridized carbons (Fsp3) is 0.400. The van der Waals surface area contributed by atoms with Gasteiger partial charge in [-0.25, -0.2) is 0 Å². The maximum Gasteiger partial charge on any atom is 0.244 e. The summed E-state index contributed by atoms with van der Waals surface area (Å²) < 4.78 is 0. The molecule has 4 heteroatoms. The lowest BCUT2D eigenvalue weighted by atomic mass is 10.0. The van der Waals surface area contributed by atoms with Crippen LogP contribution in [0.3, 0.4) is 0 Å². The standard InChI is InChI=1S/C15H19NO2S/c1-12(13-5-3-2-4-6-13)9-14(17)16-10-15(18)7-8-19-11-15/h2-6,9,18H,7-8,10-11H2,1H3,(H,16,17). The number of thioether (sulfide) groups is 1. The molecular weight excluding hydrogens is 258 g/mol. The van der Waals surface area contributed by atoms with Crippen LogP contribution in [0.2, 0.25) is 0 Å². The van der Waals surface area contributed by atoms with E-state index >= 15 is 0 Å². The SMILES string of the molecule is CC(=CC(=O)NCC1(O)CCSC1)c1ccccc1. The highest BCUT2D eigenvalue weighted by Crippen LogP contribution is 2.26. The third-order valence-corrected chi connectivity index (χ3v) is 4.49. The Hall–Kier alpha value is -1.26. The number of hydrogen-bond donors (Lipinski definition) is 2. The second-order valence-electron chi connectivity index (χ2n) is 4.94. The normalized spacial score (nSPS) is 23.4. The van der Waals surface area contributed by atoms with Crippen molar-refractivity contribution in [1.82, 2.24) is 5.32 Å². The Morgan fingerprint density at radius 3 is 2.84 bits per heavy atom. The highest BCUT2D eigenvalue weighted by atomic mass is 32.2. The van der Waals surface area contributed by atoms with Gasteiger partial charge in [0.25, 0.3) is 0 Å². The van der Waals surface area contributed by atoms with E-state index in [1.54, 1.807) is 17.8 Å². The molecule has 102 valence electrons. The first kappa shape index (κ1) is 14.2. The van der Waals surface area contributed by atoms with E-state index in [1.807, 2.05) is 37.3 Å². The summed E-state index contributed by atoms with van der Waals surface area (Å²) >= 11 is 1.73. The van der Waals surface area contributed by atoms with E-state index < -0.39 is 5.60 Å². The van der Waals surface area contributed by atoms with E-state index in [1.165, 1.54) is 0 Å². The molecule has 0 radical (unpaired) electrons. The van der Waals surface area contributed by atoms with Gasteiger partial charge in [-0.15, -0.1) is 0 Å². The number of benzene rings is 1. The molecule has 1 atom stereocenters. The number of hydrogen-bond acceptors (Lipinski definition) is 3. The number of amides is 1. The Labute approximate surface area is 118 Å². The summed E-state index contributed by atoms with van der Waals surface area (Å²) in [7, 11) is 0. The molecule has 1 aliphatic rings. The number of allylic oxidation sites excluding steroid dienone is 1. The van der Waals surface area contributed by atoms with Gasteiger partial charge in [0, 0.05) is 18.4 Å². The summed E-state index contributed by atoms with van der Waals surface area (Å²) in [5.74, 6) is 1.52. The summed E-state index contributed by atoms with van der Waals surface area (Å²) in [4.78, 5) is 11.8. The predicted molar refractivity (Wildman–Crippen MR) is 80.0 cm³/mol. The topological polar surface area (TPSA) is 49.3 Å². The molecule has 1 aromatic rings. The zero-order chi connectivity index (χ0) is 13.7. The molecular formula is C15H19NO2S. The largest absolute Gasteiger partial charge is 0.387 e. The lowest BCUT2D eigenvalue weighted by Gasteiger charge is -2.21. The van der Waals surface area contributed by atoms with Crippen molar-refractivity contribution in [3.05, 3.63) is 42.0 Å².